The van der Waals surface area contributed by atoms with E-state index in [-0.39, 0.29) is 41.0 Å². The van der Waals surface area contributed by atoms with Gasteiger partial charge in [0.2, 0.25) is 0 Å². The van der Waals surface area contributed by atoms with Gasteiger partial charge in [-0.2, -0.15) is 0 Å². The number of rotatable bonds is 4. The SMILES string of the molecule is COc1ccc2nc(N3C(=O)C4=C(C(=O)C5CCCCC5O4)C3c3ccc(O)c(OC)c3)sc2c1. The number of carbonyl (C=O) groups excluding carboxylic acids is 2. The molecule has 1 saturated carbocycles. The number of thiazole rings is 1. The van der Waals surface area contributed by atoms with Crippen molar-refractivity contribution in [3.63, 3.8) is 0 Å². The van der Waals surface area contributed by atoms with Crippen LogP contribution in [0.4, 0.5) is 5.13 Å². The third-order valence-electron chi connectivity index (χ3n) is 7.07. The van der Waals surface area contributed by atoms with Crippen molar-refractivity contribution in [2.24, 2.45) is 5.92 Å². The average Bonchev–Trinajstić information content (AvgIpc) is 3.42. The van der Waals surface area contributed by atoms with Crippen LogP contribution in [0.15, 0.2) is 47.7 Å². The first-order valence-corrected chi connectivity index (χ1v) is 12.4. The number of phenols is 1. The van der Waals surface area contributed by atoms with E-state index in [4.69, 9.17) is 19.2 Å². The van der Waals surface area contributed by atoms with E-state index in [9.17, 15) is 14.7 Å². The lowest BCUT2D eigenvalue weighted by atomic mass is 9.77. The molecule has 3 aliphatic rings. The summed E-state index contributed by atoms with van der Waals surface area (Å²) >= 11 is 1.35. The molecular formula is C26H24N2O6S. The lowest BCUT2D eigenvalue weighted by molar-refractivity contribution is -0.131. The molecule has 8 nitrogen and oxygen atoms in total. The topological polar surface area (TPSA) is 98.2 Å². The van der Waals surface area contributed by atoms with E-state index in [1.165, 1.54) is 24.5 Å². The van der Waals surface area contributed by atoms with Crippen LogP contribution in [-0.4, -0.2) is 42.1 Å². The van der Waals surface area contributed by atoms with Gasteiger partial charge in [0.25, 0.3) is 5.91 Å². The maximum Gasteiger partial charge on any atom is 0.296 e. The Labute approximate surface area is 205 Å². The fraction of sp³-hybridized carbons (Fsp3) is 0.346. The van der Waals surface area contributed by atoms with Gasteiger partial charge in [0.05, 0.1) is 42.0 Å². The molecule has 0 bridgehead atoms. The zero-order chi connectivity index (χ0) is 24.3. The van der Waals surface area contributed by atoms with Crippen molar-refractivity contribution in [3.05, 3.63) is 53.3 Å². The van der Waals surface area contributed by atoms with Crippen LogP contribution in [0.3, 0.4) is 0 Å². The number of carbonyl (C=O) groups is 2. The first-order chi connectivity index (χ1) is 17.0. The van der Waals surface area contributed by atoms with E-state index in [2.05, 4.69) is 0 Å². The predicted octanol–water partition coefficient (Wildman–Crippen LogP) is 4.52. The lowest BCUT2D eigenvalue weighted by Gasteiger charge is -2.35. The first-order valence-electron chi connectivity index (χ1n) is 11.6. The normalized spacial score (nSPS) is 23.8. The molecular weight excluding hydrogens is 468 g/mol. The summed E-state index contributed by atoms with van der Waals surface area (Å²) in [5.74, 6) is 0.389. The molecule has 3 aromatic rings. The monoisotopic (exact) mass is 492 g/mol. The minimum atomic E-state index is -0.732. The number of fused-ring (bicyclic) bond motifs is 2. The summed E-state index contributed by atoms with van der Waals surface area (Å²) in [5, 5.41) is 10.6. The molecule has 1 fully saturated rings. The van der Waals surface area contributed by atoms with Crippen LogP contribution in [-0.2, 0) is 14.3 Å². The van der Waals surface area contributed by atoms with E-state index in [1.807, 2.05) is 18.2 Å². The third-order valence-corrected chi connectivity index (χ3v) is 8.09. The molecule has 1 aromatic heterocycles. The third kappa shape index (κ3) is 3.36. The Morgan fingerprint density at radius 1 is 1.09 bits per heavy atom. The van der Waals surface area contributed by atoms with Crippen LogP contribution in [0.5, 0.6) is 17.2 Å². The largest absolute Gasteiger partial charge is 0.504 e. The number of nitrogens with zero attached hydrogens (tertiary/aromatic N) is 2. The molecule has 1 N–H and O–H groups in total. The first kappa shape index (κ1) is 21.9. The summed E-state index contributed by atoms with van der Waals surface area (Å²) in [5.41, 5.74) is 1.73. The van der Waals surface area contributed by atoms with Gasteiger partial charge in [-0.05, 0) is 55.2 Å². The maximum atomic E-state index is 13.8. The number of amides is 1. The molecule has 0 saturated heterocycles. The van der Waals surface area contributed by atoms with Gasteiger partial charge in [0, 0.05) is 0 Å². The van der Waals surface area contributed by atoms with Crippen molar-refractivity contribution in [3.8, 4) is 17.2 Å². The second-order valence-corrected chi connectivity index (χ2v) is 10.0. The number of benzene rings is 2. The Hall–Kier alpha value is -3.59. The Balaban J connectivity index is 1.52. The van der Waals surface area contributed by atoms with Gasteiger partial charge in [-0.3, -0.25) is 14.5 Å². The van der Waals surface area contributed by atoms with Gasteiger partial charge in [0.15, 0.2) is 28.2 Å². The summed E-state index contributed by atoms with van der Waals surface area (Å²) in [6.07, 6.45) is 3.19. The van der Waals surface area contributed by atoms with E-state index in [0.717, 1.165) is 35.9 Å². The zero-order valence-corrected chi connectivity index (χ0v) is 20.1. The molecule has 9 heteroatoms. The highest BCUT2D eigenvalue weighted by molar-refractivity contribution is 7.22. The van der Waals surface area contributed by atoms with Crippen LogP contribution in [0, 0.1) is 5.92 Å². The van der Waals surface area contributed by atoms with Gasteiger partial charge >= 0.3 is 0 Å². The highest BCUT2D eigenvalue weighted by atomic mass is 32.1. The molecule has 0 spiro atoms. The molecule has 3 heterocycles. The summed E-state index contributed by atoms with van der Waals surface area (Å²) in [6.45, 7) is 0. The molecule has 3 unspecified atom stereocenters. The minimum absolute atomic E-state index is 0.0213. The second-order valence-electron chi connectivity index (χ2n) is 8.99. The molecule has 0 radical (unpaired) electrons. The highest BCUT2D eigenvalue weighted by Crippen LogP contribution is 2.50. The summed E-state index contributed by atoms with van der Waals surface area (Å²) in [7, 11) is 3.06. The van der Waals surface area contributed by atoms with Crippen molar-refractivity contribution >= 4 is 38.4 Å². The van der Waals surface area contributed by atoms with Crippen molar-refractivity contribution in [2.45, 2.75) is 37.8 Å². The van der Waals surface area contributed by atoms with Gasteiger partial charge in [0.1, 0.15) is 11.9 Å². The zero-order valence-electron chi connectivity index (χ0n) is 19.3. The number of hydrogen-bond acceptors (Lipinski definition) is 8. The van der Waals surface area contributed by atoms with Gasteiger partial charge < -0.3 is 19.3 Å². The smallest absolute Gasteiger partial charge is 0.296 e. The number of anilines is 1. The average molecular weight is 493 g/mol. The predicted molar refractivity (Wildman–Crippen MR) is 130 cm³/mol. The molecule has 180 valence electrons. The molecule has 35 heavy (non-hydrogen) atoms. The van der Waals surface area contributed by atoms with E-state index >= 15 is 0 Å². The molecule has 2 aromatic carbocycles. The highest BCUT2D eigenvalue weighted by Gasteiger charge is 2.53. The lowest BCUT2D eigenvalue weighted by Crippen LogP contribution is -2.39. The van der Waals surface area contributed by atoms with Gasteiger partial charge in [-0.25, -0.2) is 4.98 Å². The Bertz CT molecular complexity index is 1400. The number of ketones is 1. The molecule has 2 aliphatic heterocycles. The van der Waals surface area contributed by atoms with E-state index < -0.39 is 6.04 Å². The Morgan fingerprint density at radius 2 is 1.91 bits per heavy atom. The fourth-order valence-corrected chi connectivity index (χ4v) is 6.37. The number of ether oxygens (including phenoxy) is 3. The Kier molecular flexibility index (Phi) is 5.17. The summed E-state index contributed by atoms with van der Waals surface area (Å²) < 4.78 is 17.8. The van der Waals surface area contributed by atoms with Crippen LogP contribution >= 0.6 is 11.3 Å². The van der Waals surface area contributed by atoms with Gasteiger partial charge in [-0.1, -0.05) is 23.8 Å². The number of Topliss-reactive ketones (excluding diaryl/α,β-unsaturated/α-hetero) is 1. The van der Waals surface area contributed by atoms with Crippen molar-refractivity contribution in [2.75, 3.05) is 19.1 Å². The number of phenolic OH excluding ortho intramolecular Hbond substituents is 1. The Morgan fingerprint density at radius 3 is 2.71 bits per heavy atom. The standard InChI is InChI=1S/C26H24N2O6S/c1-32-14-8-9-16-20(12-14)35-26(27-16)28-22(13-7-10-17(29)19(11-13)33-2)21-23(30)15-5-3-4-6-18(15)34-24(21)25(28)31/h7-12,15,18,22,29H,3-6H2,1-2H3. The molecule has 1 amide bonds. The van der Waals surface area contributed by atoms with Crippen molar-refractivity contribution < 1.29 is 28.9 Å². The van der Waals surface area contributed by atoms with E-state index in [0.29, 0.717) is 22.0 Å². The van der Waals surface area contributed by atoms with E-state index in [1.54, 1.807) is 24.1 Å². The number of aromatic nitrogens is 1. The van der Waals surface area contributed by atoms with Crippen LogP contribution in [0.2, 0.25) is 0 Å². The minimum Gasteiger partial charge on any atom is -0.504 e. The number of methoxy groups -OCH3 is 2. The summed E-state index contributed by atoms with van der Waals surface area (Å²) in [4.78, 5) is 33.9. The molecule has 1 aliphatic carbocycles. The van der Waals surface area contributed by atoms with Crippen LogP contribution in [0.25, 0.3) is 10.2 Å². The fourth-order valence-electron chi connectivity index (χ4n) is 5.34. The maximum absolute atomic E-state index is 13.8. The summed E-state index contributed by atoms with van der Waals surface area (Å²) in [6, 6.07) is 9.68. The van der Waals surface area contributed by atoms with Crippen LogP contribution < -0.4 is 14.4 Å². The quantitative estimate of drug-likeness (QED) is 0.572. The van der Waals surface area contributed by atoms with Crippen LogP contribution in [0.1, 0.15) is 37.3 Å². The van der Waals surface area contributed by atoms with Crippen molar-refractivity contribution in [1.29, 1.82) is 0 Å². The van der Waals surface area contributed by atoms with Crippen molar-refractivity contribution in [1.82, 2.24) is 4.98 Å². The molecule has 6 rings (SSSR count). The molecule has 3 atom stereocenters. The number of hydrogen-bond donors (Lipinski definition) is 1. The van der Waals surface area contributed by atoms with Gasteiger partial charge in [-0.15, -0.1) is 0 Å². The second kappa shape index (κ2) is 8.27. The number of aromatic hydroxyl groups is 1.